The third-order valence-electron chi connectivity index (χ3n) is 2.89. The number of hydrogen-bond acceptors (Lipinski definition) is 4. The lowest BCUT2D eigenvalue weighted by molar-refractivity contribution is -0.116. The third-order valence-corrected chi connectivity index (χ3v) is 3.86. The van der Waals surface area contributed by atoms with Crippen LogP contribution in [0.1, 0.15) is 23.9 Å². The average molecular weight is 293 g/mol. The van der Waals surface area contributed by atoms with Crippen molar-refractivity contribution in [2.45, 2.75) is 18.6 Å². The van der Waals surface area contributed by atoms with Crippen molar-refractivity contribution < 1.29 is 19.1 Å². The van der Waals surface area contributed by atoms with Crippen molar-refractivity contribution in [3.8, 4) is 0 Å². The van der Waals surface area contributed by atoms with Crippen LogP contribution in [0.5, 0.6) is 0 Å². The largest absolute Gasteiger partial charge is 0.475 e. The number of carboxylic acid groups (broad SMARTS) is 1. The maximum atomic E-state index is 11.8. The fraction of sp³-hybridized carbons (Fsp3) is 0.286. The first kappa shape index (κ1) is 14.5. The number of anilines is 1. The van der Waals surface area contributed by atoms with Crippen LogP contribution in [0.15, 0.2) is 28.7 Å². The minimum Gasteiger partial charge on any atom is -0.475 e. The topological polar surface area (TPSA) is 79.5 Å². The second-order valence-corrected chi connectivity index (χ2v) is 5.74. The number of carbonyl (C=O) groups excluding carboxylic acids is 1. The van der Waals surface area contributed by atoms with Gasteiger partial charge in [0.1, 0.15) is 5.58 Å². The van der Waals surface area contributed by atoms with E-state index in [1.165, 1.54) is 6.07 Å². The van der Waals surface area contributed by atoms with Crippen molar-refractivity contribution in [1.29, 1.82) is 0 Å². The number of fused-ring (bicyclic) bond motifs is 1. The fourth-order valence-electron chi connectivity index (χ4n) is 1.78. The van der Waals surface area contributed by atoms with Crippen LogP contribution in [0.2, 0.25) is 0 Å². The molecule has 1 heterocycles. The quantitative estimate of drug-likeness (QED) is 0.885. The molecular weight excluding hydrogens is 278 g/mol. The molecule has 0 saturated heterocycles. The molecule has 1 aromatic carbocycles. The summed E-state index contributed by atoms with van der Waals surface area (Å²) in [5, 5.41) is 12.6. The van der Waals surface area contributed by atoms with Gasteiger partial charge in [0.2, 0.25) is 11.7 Å². The Hall–Kier alpha value is -1.95. The summed E-state index contributed by atoms with van der Waals surface area (Å²) in [5.74, 6) is -1.28. The van der Waals surface area contributed by atoms with E-state index in [1.807, 2.05) is 13.2 Å². The SMILES string of the molecule is CSC(C)CC(=O)Nc1ccc2oc(C(=O)O)cc2c1. The highest BCUT2D eigenvalue weighted by molar-refractivity contribution is 7.99. The van der Waals surface area contributed by atoms with Gasteiger partial charge in [-0.15, -0.1) is 0 Å². The zero-order chi connectivity index (χ0) is 14.7. The molecular formula is C14H15NO4S. The molecule has 2 rings (SSSR count). The van der Waals surface area contributed by atoms with Gasteiger partial charge in [0.15, 0.2) is 0 Å². The first-order chi connectivity index (χ1) is 9.49. The summed E-state index contributed by atoms with van der Waals surface area (Å²) in [6.45, 7) is 1.99. The second-order valence-electron chi connectivity index (χ2n) is 4.47. The van der Waals surface area contributed by atoms with Gasteiger partial charge < -0.3 is 14.8 Å². The molecule has 106 valence electrons. The maximum Gasteiger partial charge on any atom is 0.371 e. The van der Waals surface area contributed by atoms with Crippen molar-refractivity contribution in [3.05, 3.63) is 30.0 Å². The number of rotatable bonds is 5. The van der Waals surface area contributed by atoms with E-state index in [0.29, 0.717) is 23.1 Å². The number of carboxylic acids is 1. The summed E-state index contributed by atoms with van der Waals surface area (Å²) >= 11 is 1.63. The highest BCUT2D eigenvalue weighted by Crippen LogP contribution is 2.23. The van der Waals surface area contributed by atoms with Crippen molar-refractivity contribution in [2.75, 3.05) is 11.6 Å². The van der Waals surface area contributed by atoms with E-state index in [2.05, 4.69) is 5.32 Å². The van der Waals surface area contributed by atoms with Crippen LogP contribution in [0, 0.1) is 0 Å². The Morgan fingerprint density at radius 1 is 1.40 bits per heavy atom. The molecule has 2 N–H and O–H groups in total. The van der Waals surface area contributed by atoms with E-state index in [0.717, 1.165) is 0 Å². The van der Waals surface area contributed by atoms with Crippen LogP contribution in [-0.2, 0) is 4.79 Å². The van der Waals surface area contributed by atoms with Gasteiger partial charge in [-0.1, -0.05) is 6.92 Å². The van der Waals surface area contributed by atoms with Crippen LogP contribution >= 0.6 is 11.8 Å². The zero-order valence-electron chi connectivity index (χ0n) is 11.2. The molecule has 0 saturated carbocycles. The molecule has 0 aliphatic rings. The molecule has 20 heavy (non-hydrogen) atoms. The van der Waals surface area contributed by atoms with E-state index < -0.39 is 5.97 Å². The summed E-state index contributed by atoms with van der Waals surface area (Å²) in [5.41, 5.74) is 1.12. The average Bonchev–Trinajstić information content (AvgIpc) is 2.81. The summed E-state index contributed by atoms with van der Waals surface area (Å²) in [4.78, 5) is 22.6. The van der Waals surface area contributed by atoms with Gasteiger partial charge in [0.25, 0.3) is 0 Å². The van der Waals surface area contributed by atoms with Crippen molar-refractivity contribution in [3.63, 3.8) is 0 Å². The number of thioether (sulfide) groups is 1. The van der Waals surface area contributed by atoms with Gasteiger partial charge in [-0.25, -0.2) is 4.79 Å². The van der Waals surface area contributed by atoms with Gasteiger partial charge in [0.05, 0.1) is 0 Å². The normalized spacial score (nSPS) is 12.3. The lowest BCUT2D eigenvalue weighted by Crippen LogP contribution is -2.15. The van der Waals surface area contributed by atoms with Gasteiger partial charge in [0, 0.05) is 22.7 Å². The second kappa shape index (κ2) is 6.00. The number of nitrogens with one attached hydrogen (secondary N) is 1. The summed E-state index contributed by atoms with van der Waals surface area (Å²) in [7, 11) is 0. The zero-order valence-corrected chi connectivity index (χ0v) is 12.0. The lowest BCUT2D eigenvalue weighted by Gasteiger charge is -2.08. The molecule has 0 aliphatic carbocycles. The molecule has 1 unspecified atom stereocenters. The van der Waals surface area contributed by atoms with Crippen molar-refractivity contribution >= 4 is 40.3 Å². The fourth-order valence-corrected chi connectivity index (χ4v) is 2.10. The van der Waals surface area contributed by atoms with Crippen LogP contribution in [0.3, 0.4) is 0 Å². The Bertz CT molecular complexity index is 650. The summed E-state index contributed by atoms with van der Waals surface area (Å²) in [6.07, 6.45) is 2.40. The first-order valence-corrected chi connectivity index (χ1v) is 7.38. The molecule has 5 nitrogen and oxygen atoms in total. The Balaban J connectivity index is 2.15. The summed E-state index contributed by atoms with van der Waals surface area (Å²) in [6, 6.07) is 6.49. The van der Waals surface area contributed by atoms with Gasteiger partial charge >= 0.3 is 5.97 Å². The number of carbonyl (C=O) groups is 2. The predicted molar refractivity (Wildman–Crippen MR) is 79.4 cm³/mol. The molecule has 0 bridgehead atoms. The minimum absolute atomic E-state index is 0.0619. The van der Waals surface area contributed by atoms with Gasteiger partial charge in [-0.05, 0) is 30.5 Å². The lowest BCUT2D eigenvalue weighted by atomic mass is 10.2. The standard InChI is InChI=1S/C14H15NO4S/c1-8(20-2)5-13(16)15-10-3-4-11-9(6-10)7-12(19-11)14(17)18/h3-4,6-8H,5H2,1-2H3,(H,15,16)(H,17,18). The van der Waals surface area contributed by atoms with Crippen LogP contribution in [0.25, 0.3) is 11.0 Å². The minimum atomic E-state index is -1.11. The van der Waals surface area contributed by atoms with E-state index >= 15 is 0 Å². The molecule has 1 atom stereocenters. The van der Waals surface area contributed by atoms with Crippen LogP contribution < -0.4 is 5.32 Å². The Labute approximate surface area is 120 Å². The Kier molecular flexibility index (Phi) is 4.34. The number of hydrogen-bond donors (Lipinski definition) is 2. The Morgan fingerprint density at radius 3 is 2.80 bits per heavy atom. The molecule has 0 fully saturated rings. The van der Waals surface area contributed by atoms with Crippen molar-refractivity contribution in [1.82, 2.24) is 0 Å². The van der Waals surface area contributed by atoms with Gasteiger partial charge in [-0.3, -0.25) is 4.79 Å². The number of aromatic carboxylic acids is 1. The first-order valence-electron chi connectivity index (χ1n) is 6.09. The van der Waals surface area contributed by atoms with Crippen LogP contribution in [0.4, 0.5) is 5.69 Å². The molecule has 0 aliphatic heterocycles. The number of amides is 1. The van der Waals surface area contributed by atoms with E-state index in [-0.39, 0.29) is 16.9 Å². The smallest absolute Gasteiger partial charge is 0.371 e. The van der Waals surface area contributed by atoms with E-state index in [4.69, 9.17) is 9.52 Å². The monoisotopic (exact) mass is 293 g/mol. The third kappa shape index (κ3) is 3.33. The number of furan rings is 1. The molecule has 0 spiro atoms. The highest BCUT2D eigenvalue weighted by Gasteiger charge is 2.12. The number of benzene rings is 1. The molecule has 2 aromatic rings. The summed E-state index contributed by atoms with van der Waals surface area (Å²) < 4.78 is 5.16. The predicted octanol–water partition coefficient (Wildman–Crippen LogP) is 3.21. The maximum absolute atomic E-state index is 11.8. The van der Waals surface area contributed by atoms with E-state index in [1.54, 1.807) is 30.0 Å². The van der Waals surface area contributed by atoms with E-state index in [9.17, 15) is 9.59 Å². The molecule has 1 aromatic heterocycles. The van der Waals surface area contributed by atoms with Gasteiger partial charge in [-0.2, -0.15) is 11.8 Å². The van der Waals surface area contributed by atoms with Crippen LogP contribution in [-0.4, -0.2) is 28.5 Å². The highest BCUT2D eigenvalue weighted by atomic mass is 32.2. The molecule has 6 heteroatoms. The molecule has 0 radical (unpaired) electrons. The molecule has 1 amide bonds. The van der Waals surface area contributed by atoms with Crippen molar-refractivity contribution in [2.24, 2.45) is 0 Å². The Morgan fingerprint density at radius 2 is 2.15 bits per heavy atom.